The Morgan fingerprint density at radius 3 is 2.60 bits per heavy atom. The van der Waals surface area contributed by atoms with E-state index in [0.29, 0.717) is 17.9 Å². The second-order valence-corrected chi connectivity index (χ2v) is 5.03. The molecule has 0 saturated carbocycles. The zero-order valence-corrected chi connectivity index (χ0v) is 11.9. The topological polar surface area (TPSA) is 58.6 Å². The molecule has 1 saturated heterocycles. The van der Waals surface area contributed by atoms with Gasteiger partial charge >= 0.3 is 5.97 Å². The lowest BCUT2D eigenvalue weighted by molar-refractivity contribution is -0.119. The lowest BCUT2D eigenvalue weighted by atomic mass is 10.1. The maximum Gasteiger partial charge on any atom is 0.338 e. The van der Waals surface area contributed by atoms with Gasteiger partial charge < -0.3 is 15.0 Å². The molecule has 20 heavy (non-hydrogen) atoms. The van der Waals surface area contributed by atoms with Crippen molar-refractivity contribution in [3.05, 3.63) is 29.8 Å². The highest BCUT2D eigenvalue weighted by Crippen LogP contribution is 2.17. The Balaban J connectivity index is 1.93. The van der Waals surface area contributed by atoms with Crippen molar-refractivity contribution in [3.8, 4) is 0 Å². The summed E-state index contributed by atoms with van der Waals surface area (Å²) in [5.74, 6) is -0.259. The minimum Gasteiger partial charge on any atom is -0.462 e. The van der Waals surface area contributed by atoms with Crippen molar-refractivity contribution in [1.29, 1.82) is 0 Å². The van der Waals surface area contributed by atoms with Gasteiger partial charge in [-0.15, -0.1) is 0 Å². The van der Waals surface area contributed by atoms with Gasteiger partial charge in [-0.25, -0.2) is 4.79 Å². The molecule has 1 aromatic carbocycles. The molecule has 1 atom stereocenters. The minimum atomic E-state index is -0.345. The van der Waals surface area contributed by atoms with E-state index in [0.717, 1.165) is 19.5 Å². The van der Waals surface area contributed by atoms with Crippen LogP contribution < -0.4 is 5.32 Å². The third-order valence-electron chi connectivity index (χ3n) is 3.43. The summed E-state index contributed by atoms with van der Waals surface area (Å²) in [5, 5.41) is 2.88. The Labute approximate surface area is 118 Å². The summed E-state index contributed by atoms with van der Waals surface area (Å²) in [4.78, 5) is 25.7. The number of likely N-dealkylation sites (tertiary alicyclic amines) is 1. The second kappa shape index (κ2) is 6.52. The lowest BCUT2D eigenvalue weighted by Gasteiger charge is -2.11. The summed E-state index contributed by atoms with van der Waals surface area (Å²) in [6.07, 6.45) is 0.892. The molecule has 5 heteroatoms. The van der Waals surface area contributed by atoms with Crippen molar-refractivity contribution < 1.29 is 14.3 Å². The summed E-state index contributed by atoms with van der Waals surface area (Å²) in [6, 6.07) is 6.77. The Bertz CT molecular complexity index is 484. The predicted molar refractivity (Wildman–Crippen MR) is 76.6 cm³/mol. The van der Waals surface area contributed by atoms with Crippen LogP contribution in [0.3, 0.4) is 0 Å². The maximum atomic E-state index is 12.1. The number of esters is 1. The van der Waals surface area contributed by atoms with Crippen LogP contribution in [0.2, 0.25) is 0 Å². The molecule has 5 nitrogen and oxygen atoms in total. The molecule has 0 aliphatic carbocycles. The first-order chi connectivity index (χ1) is 9.60. The third-order valence-corrected chi connectivity index (χ3v) is 3.43. The molecule has 1 heterocycles. The van der Waals surface area contributed by atoms with Crippen molar-refractivity contribution in [2.75, 3.05) is 32.1 Å². The summed E-state index contributed by atoms with van der Waals surface area (Å²) < 4.78 is 4.91. The van der Waals surface area contributed by atoms with E-state index in [9.17, 15) is 9.59 Å². The first-order valence-corrected chi connectivity index (χ1v) is 6.86. The molecular weight excluding hydrogens is 256 g/mol. The zero-order valence-electron chi connectivity index (χ0n) is 11.9. The van der Waals surface area contributed by atoms with Gasteiger partial charge in [-0.1, -0.05) is 0 Å². The molecule has 1 amide bonds. The van der Waals surface area contributed by atoms with Crippen LogP contribution in [0.15, 0.2) is 24.3 Å². The first kappa shape index (κ1) is 14.5. The summed E-state index contributed by atoms with van der Waals surface area (Å²) in [7, 11) is 2.02. The number of nitrogens with zero attached hydrogens (tertiary/aromatic N) is 1. The highest BCUT2D eigenvalue weighted by Gasteiger charge is 2.26. The van der Waals surface area contributed by atoms with Crippen molar-refractivity contribution >= 4 is 17.6 Å². The van der Waals surface area contributed by atoms with Crippen LogP contribution in [-0.2, 0) is 9.53 Å². The Kier molecular flexibility index (Phi) is 4.74. The number of hydrogen-bond donors (Lipinski definition) is 1. The molecule has 1 aliphatic rings. The number of rotatable bonds is 4. The van der Waals surface area contributed by atoms with E-state index in [2.05, 4.69) is 10.2 Å². The number of carbonyl (C=O) groups excluding carboxylic acids is 2. The highest BCUT2D eigenvalue weighted by atomic mass is 16.5. The molecule has 1 aliphatic heterocycles. The van der Waals surface area contributed by atoms with Gasteiger partial charge in [0.15, 0.2) is 0 Å². The fourth-order valence-electron chi connectivity index (χ4n) is 2.30. The SMILES string of the molecule is CCOC(=O)c1ccc(NC(=O)C2CCN(C)C2)cc1. The van der Waals surface area contributed by atoms with Crippen LogP contribution in [0, 0.1) is 5.92 Å². The number of hydrogen-bond acceptors (Lipinski definition) is 4. The van der Waals surface area contributed by atoms with Crippen molar-refractivity contribution in [2.45, 2.75) is 13.3 Å². The summed E-state index contributed by atoms with van der Waals surface area (Å²) in [5.41, 5.74) is 1.20. The van der Waals surface area contributed by atoms with Gasteiger partial charge in [-0.2, -0.15) is 0 Å². The maximum absolute atomic E-state index is 12.1. The van der Waals surface area contributed by atoms with Crippen LogP contribution in [0.1, 0.15) is 23.7 Å². The molecule has 0 aromatic heterocycles. The van der Waals surface area contributed by atoms with E-state index in [-0.39, 0.29) is 17.8 Å². The van der Waals surface area contributed by atoms with Crippen LogP contribution in [0.4, 0.5) is 5.69 Å². The van der Waals surface area contributed by atoms with Gasteiger partial charge in [-0.3, -0.25) is 4.79 Å². The van der Waals surface area contributed by atoms with E-state index < -0.39 is 0 Å². The van der Waals surface area contributed by atoms with Crippen molar-refractivity contribution in [1.82, 2.24) is 4.90 Å². The number of nitrogens with one attached hydrogen (secondary N) is 1. The van der Waals surface area contributed by atoms with Crippen molar-refractivity contribution in [3.63, 3.8) is 0 Å². The van der Waals surface area contributed by atoms with E-state index >= 15 is 0 Å². The predicted octanol–water partition coefficient (Wildman–Crippen LogP) is 1.75. The number of ether oxygens (including phenoxy) is 1. The normalized spacial score (nSPS) is 18.8. The van der Waals surface area contributed by atoms with E-state index in [4.69, 9.17) is 4.74 Å². The van der Waals surface area contributed by atoms with Gasteiger partial charge in [0, 0.05) is 12.2 Å². The third kappa shape index (κ3) is 3.57. The first-order valence-electron chi connectivity index (χ1n) is 6.86. The number of anilines is 1. The average molecular weight is 276 g/mol. The number of amides is 1. The second-order valence-electron chi connectivity index (χ2n) is 5.03. The van der Waals surface area contributed by atoms with Gasteiger partial charge in [0.05, 0.1) is 18.1 Å². The molecule has 1 aromatic rings. The minimum absolute atomic E-state index is 0.0400. The van der Waals surface area contributed by atoms with Gasteiger partial charge in [0.25, 0.3) is 0 Å². The lowest BCUT2D eigenvalue weighted by Crippen LogP contribution is -2.25. The fraction of sp³-hybridized carbons (Fsp3) is 0.467. The Morgan fingerprint density at radius 1 is 1.35 bits per heavy atom. The highest BCUT2D eigenvalue weighted by molar-refractivity contribution is 5.94. The number of carbonyl (C=O) groups is 2. The zero-order chi connectivity index (χ0) is 14.5. The van der Waals surface area contributed by atoms with Gasteiger partial charge in [0.1, 0.15) is 0 Å². The fourth-order valence-corrected chi connectivity index (χ4v) is 2.30. The van der Waals surface area contributed by atoms with Crippen LogP contribution >= 0.6 is 0 Å². The van der Waals surface area contributed by atoms with E-state index in [1.165, 1.54) is 0 Å². The molecule has 108 valence electrons. The van der Waals surface area contributed by atoms with Gasteiger partial charge in [0.2, 0.25) is 5.91 Å². The standard InChI is InChI=1S/C15H20N2O3/c1-3-20-15(19)11-4-6-13(7-5-11)16-14(18)12-8-9-17(2)10-12/h4-7,12H,3,8-10H2,1-2H3,(H,16,18). The summed E-state index contributed by atoms with van der Waals surface area (Å²) in [6.45, 7) is 3.88. The molecule has 1 unspecified atom stereocenters. The van der Waals surface area contributed by atoms with Crippen LogP contribution in [-0.4, -0.2) is 43.5 Å². The summed E-state index contributed by atoms with van der Waals surface area (Å²) >= 11 is 0. The molecule has 0 radical (unpaired) electrons. The number of benzene rings is 1. The van der Waals surface area contributed by atoms with Gasteiger partial charge in [-0.05, 0) is 51.2 Å². The van der Waals surface area contributed by atoms with Crippen LogP contribution in [0.25, 0.3) is 0 Å². The molecule has 2 rings (SSSR count). The van der Waals surface area contributed by atoms with Crippen LogP contribution in [0.5, 0.6) is 0 Å². The molecular formula is C15H20N2O3. The van der Waals surface area contributed by atoms with Crippen molar-refractivity contribution in [2.24, 2.45) is 5.92 Å². The average Bonchev–Trinajstić information content (AvgIpc) is 2.86. The molecule has 0 spiro atoms. The van der Waals surface area contributed by atoms with E-state index in [1.54, 1.807) is 31.2 Å². The Hall–Kier alpha value is -1.88. The molecule has 1 fully saturated rings. The largest absolute Gasteiger partial charge is 0.462 e. The Morgan fingerprint density at radius 2 is 2.05 bits per heavy atom. The monoisotopic (exact) mass is 276 g/mol. The smallest absolute Gasteiger partial charge is 0.338 e. The van der Waals surface area contributed by atoms with E-state index in [1.807, 2.05) is 7.05 Å². The molecule has 0 bridgehead atoms. The quantitative estimate of drug-likeness (QED) is 0.851. The molecule has 1 N–H and O–H groups in total.